The third-order valence-corrected chi connectivity index (χ3v) is 5.20. The summed E-state index contributed by atoms with van der Waals surface area (Å²) in [5, 5.41) is 69.2. The zero-order valence-corrected chi connectivity index (χ0v) is 16.5. The second-order valence-electron chi connectivity index (χ2n) is 7.43. The summed E-state index contributed by atoms with van der Waals surface area (Å²) >= 11 is 0. The monoisotopic (exact) mass is 448 g/mol. The highest BCUT2D eigenvalue weighted by Gasteiger charge is 2.44. The van der Waals surface area contributed by atoms with Crippen molar-refractivity contribution in [1.82, 2.24) is 0 Å². The van der Waals surface area contributed by atoms with E-state index in [1.54, 1.807) is 0 Å². The summed E-state index contributed by atoms with van der Waals surface area (Å²) in [4.78, 5) is 13.2. The molecule has 1 aliphatic rings. The van der Waals surface area contributed by atoms with Crippen molar-refractivity contribution in [2.24, 2.45) is 0 Å². The minimum absolute atomic E-state index is 0.0658. The first kappa shape index (κ1) is 21.7. The molecule has 3 aromatic rings. The Balaban J connectivity index is 1.92. The van der Waals surface area contributed by atoms with Gasteiger partial charge in [0.1, 0.15) is 40.8 Å². The molecule has 5 atom stereocenters. The van der Waals surface area contributed by atoms with Crippen molar-refractivity contribution in [2.75, 3.05) is 0 Å². The lowest BCUT2D eigenvalue weighted by Crippen LogP contribution is -2.58. The van der Waals surface area contributed by atoms with E-state index in [0.717, 1.165) is 24.3 Å². The number of phenols is 4. The Kier molecular flexibility index (Phi) is 5.34. The van der Waals surface area contributed by atoms with E-state index in [1.165, 1.54) is 13.0 Å². The molecule has 0 spiro atoms. The van der Waals surface area contributed by atoms with E-state index in [4.69, 9.17) is 13.9 Å². The van der Waals surface area contributed by atoms with Gasteiger partial charge in [0.05, 0.1) is 6.10 Å². The smallest absolute Gasteiger partial charge is 0.239 e. The first-order valence-corrected chi connectivity index (χ1v) is 9.50. The zero-order chi connectivity index (χ0) is 23.3. The highest BCUT2D eigenvalue weighted by molar-refractivity contribution is 5.88. The number of benzene rings is 2. The highest BCUT2D eigenvalue weighted by atomic mass is 16.7. The largest absolute Gasteiger partial charge is 0.508 e. The van der Waals surface area contributed by atoms with Crippen molar-refractivity contribution >= 4 is 11.0 Å². The second kappa shape index (κ2) is 7.88. The number of aliphatic hydroxyl groups is 3. The van der Waals surface area contributed by atoms with Crippen LogP contribution in [0.5, 0.6) is 28.7 Å². The number of hydrogen-bond acceptors (Lipinski definition) is 11. The fourth-order valence-corrected chi connectivity index (χ4v) is 3.46. The topological polar surface area (TPSA) is 190 Å². The zero-order valence-electron chi connectivity index (χ0n) is 16.5. The molecule has 1 aromatic heterocycles. The molecule has 32 heavy (non-hydrogen) atoms. The van der Waals surface area contributed by atoms with Crippen molar-refractivity contribution in [3.8, 4) is 40.1 Å². The van der Waals surface area contributed by atoms with Gasteiger partial charge in [0.15, 0.2) is 17.3 Å². The first-order valence-electron chi connectivity index (χ1n) is 9.50. The summed E-state index contributed by atoms with van der Waals surface area (Å²) < 4.78 is 16.6. The standard InChI is InChI=1S/C21H20O11/c1-7-15(26)17(28)18(29)21(30-7)32-20-16(27)14-12(25)5-9(22)6-13(14)31-19(20)8-2-3-10(23)11(24)4-8/h2-7,15,17-18,21-26,28-29H,1H3/t7-,15+,17-,18+,21-/m1/s1. The van der Waals surface area contributed by atoms with E-state index in [9.17, 15) is 40.5 Å². The average Bonchev–Trinajstić information content (AvgIpc) is 2.73. The van der Waals surface area contributed by atoms with Gasteiger partial charge in [-0.3, -0.25) is 4.79 Å². The highest BCUT2D eigenvalue weighted by Crippen LogP contribution is 2.39. The lowest BCUT2D eigenvalue weighted by atomic mass is 10.00. The number of ether oxygens (including phenoxy) is 2. The summed E-state index contributed by atoms with van der Waals surface area (Å²) in [6, 6.07) is 5.51. The van der Waals surface area contributed by atoms with Crippen molar-refractivity contribution in [3.63, 3.8) is 0 Å². The number of phenolic OH excluding ortho intramolecular Hbond substituents is 4. The van der Waals surface area contributed by atoms with E-state index in [0.29, 0.717) is 0 Å². The van der Waals surface area contributed by atoms with E-state index in [-0.39, 0.29) is 28.0 Å². The van der Waals surface area contributed by atoms with Crippen molar-refractivity contribution < 1.29 is 49.6 Å². The molecule has 0 saturated carbocycles. The normalized spacial score (nSPS) is 25.7. The Morgan fingerprint density at radius 2 is 1.59 bits per heavy atom. The molecule has 7 N–H and O–H groups in total. The Morgan fingerprint density at radius 1 is 0.875 bits per heavy atom. The van der Waals surface area contributed by atoms with Crippen LogP contribution in [0, 0.1) is 0 Å². The molecular formula is C21H20O11. The van der Waals surface area contributed by atoms with Crippen LogP contribution in [0.15, 0.2) is 39.5 Å². The van der Waals surface area contributed by atoms with Gasteiger partial charge in [0, 0.05) is 17.7 Å². The number of aliphatic hydroxyl groups excluding tert-OH is 3. The SMILES string of the molecule is C[C@H]1O[C@H](Oc2c(-c3ccc(O)c(O)c3)oc3cc(O)cc(O)c3c2=O)[C@@H](O)[C@H](O)[C@H]1O. The Bertz CT molecular complexity index is 1230. The van der Waals surface area contributed by atoms with Crippen LogP contribution >= 0.6 is 0 Å². The molecule has 0 amide bonds. The maximum absolute atomic E-state index is 13.2. The molecule has 0 aliphatic carbocycles. The number of fused-ring (bicyclic) bond motifs is 1. The Labute approximate surface area is 179 Å². The quantitative estimate of drug-likeness (QED) is 0.276. The average molecular weight is 448 g/mol. The van der Waals surface area contributed by atoms with Gasteiger partial charge >= 0.3 is 0 Å². The summed E-state index contributed by atoms with van der Waals surface area (Å²) in [5.74, 6) is -2.80. The van der Waals surface area contributed by atoms with Crippen LogP contribution in [0.3, 0.4) is 0 Å². The van der Waals surface area contributed by atoms with Crippen LogP contribution in [-0.2, 0) is 4.74 Å². The third-order valence-electron chi connectivity index (χ3n) is 5.20. The molecule has 11 nitrogen and oxygen atoms in total. The summed E-state index contributed by atoms with van der Waals surface area (Å²) in [6.45, 7) is 1.42. The molecule has 2 aromatic carbocycles. The molecule has 1 aliphatic heterocycles. The fourth-order valence-electron chi connectivity index (χ4n) is 3.46. The van der Waals surface area contributed by atoms with Crippen molar-refractivity contribution in [2.45, 2.75) is 37.6 Å². The van der Waals surface area contributed by atoms with Gasteiger partial charge in [-0.15, -0.1) is 0 Å². The molecule has 4 rings (SSSR count). The maximum Gasteiger partial charge on any atom is 0.239 e. The number of aromatic hydroxyl groups is 4. The van der Waals surface area contributed by atoms with Gasteiger partial charge in [0.25, 0.3) is 0 Å². The second-order valence-corrected chi connectivity index (χ2v) is 7.43. The minimum atomic E-state index is -1.74. The summed E-state index contributed by atoms with van der Waals surface area (Å²) in [6.07, 6.45) is -7.35. The van der Waals surface area contributed by atoms with E-state index >= 15 is 0 Å². The molecule has 0 unspecified atom stereocenters. The van der Waals surface area contributed by atoms with Gasteiger partial charge < -0.3 is 49.6 Å². The molecular weight excluding hydrogens is 428 g/mol. The third kappa shape index (κ3) is 3.56. The predicted molar refractivity (Wildman–Crippen MR) is 108 cm³/mol. The van der Waals surface area contributed by atoms with Gasteiger partial charge in [-0.2, -0.15) is 0 Å². The van der Waals surface area contributed by atoms with E-state index < -0.39 is 59.1 Å². The van der Waals surface area contributed by atoms with Gasteiger partial charge in [-0.1, -0.05) is 0 Å². The van der Waals surface area contributed by atoms with Crippen molar-refractivity contribution in [3.05, 3.63) is 40.6 Å². The van der Waals surface area contributed by atoms with Gasteiger partial charge in [-0.25, -0.2) is 0 Å². The molecule has 0 radical (unpaired) electrons. The number of hydrogen-bond donors (Lipinski definition) is 7. The molecule has 1 saturated heterocycles. The first-order chi connectivity index (χ1) is 15.1. The van der Waals surface area contributed by atoms with Crippen LogP contribution in [-0.4, -0.2) is 66.5 Å². The minimum Gasteiger partial charge on any atom is -0.508 e. The fraction of sp³-hybridized carbons (Fsp3) is 0.286. The predicted octanol–water partition coefficient (Wildman–Crippen LogP) is 0.489. The Hall–Kier alpha value is -3.51. The molecule has 0 bridgehead atoms. The summed E-state index contributed by atoms with van der Waals surface area (Å²) in [7, 11) is 0. The Morgan fingerprint density at radius 3 is 2.28 bits per heavy atom. The van der Waals surface area contributed by atoms with E-state index in [2.05, 4.69) is 0 Å². The van der Waals surface area contributed by atoms with Gasteiger partial charge in [-0.05, 0) is 25.1 Å². The molecule has 1 fully saturated rings. The van der Waals surface area contributed by atoms with E-state index in [1.807, 2.05) is 0 Å². The van der Waals surface area contributed by atoms with Crippen LogP contribution < -0.4 is 10.2 Å². The molecule has 11 heteroatoms. The van der Waals surface area contributed by atoms with Crippen LogP contribution in [0.1, 0.15) is 6.92 Å². The van der Waals surface area contributed by atoms with Crippen LogP contribution in [0.4, 0.5) is 0 Å². The lowest BCUT2D eigenvalue weighted by molar-refractivity contribution is -0.268. The molecule has 170 valence electrons. The lowest BCUT2D eigenvalue weighted by Gasteiger charge is -2.38. The molecule has 2 heterocycles. The maximum atomic E-state index is 13.2. The summed E-state index contributed by atoms with van der Waals surface area (Å²) in [5.41, 5.74) is -1.05. The van der Waals surface area contributed by atoms with Crippen LogP contribution in [0.25, 0.3) is 22.3 Å². The van der Waals surface area contributed by atoms with Crippen molar-refractivity contribution in [1.29, 1.82) is 0 Å². The number of rotatable bonds is 3. The van der Waals surface area contributed by atoms with Crippen LogP contribution in [0.2, 0.25) is 0 Å². The van der Waals surface area contributed by atoms with Gasteiger partial charge in [0.2, 0.25) is 17.5 Å².